The third kappa shape index (κ3) is 4.94. The highest BCUT2D eigenvalue weighted by Gasteiger charge is 2.56. The van der Waals surface area contributed by atoms with Crippen LogP contribution in [0.5, 0.6) is 0 Å². The Balaban J connectivity index is 1.89. The molecule has 1 saturated carbocycles. The fourth-order valence-electron chi connectivity index (χ4n) is 2.08. The molecule has 0 radical (unpaired) electrons. The second kappa shape index (κ2) is 6.49. The molecule has 1 aromatic rings. The van der Waals surface area contributed by atoms with Crippen molar-refractivity contribution in [3.05, 3.63) is 35.9 Å². The van der Waals surface area contributed by atoms with Crippen LogP contribution in [-0.2, 0) is 26.1 Å². The molecule has 0 heterocycles. The van der Waals surface area contributed by atoms with Gasteiger partial charge in [0.1, 0.15) is 10.3 Å². The molecule has 0 bridgehead atoms. The molecule has 128 valence electrons. The zero-order valence-corrected chi connectivity index (χ0v) is 14.5. The maximum absolute atomic E-state index is 12.4. The van der Waals surface area contributed by atoms with Crippen LogP contribution in [0, 0.1) is 0 Å². The molecule has 1 fully saturated rings. The largest absolute Gasteiger partial charge is 0.443 e. The Labute approximate surface area is 137 Å². The number of hydrogen-bond acceptors (Lipinski definition) is 5. The molecule has 23 heavy (non-hydrogen) atoms. The van der Waals surface area contributed by atoms with Gasteiger partial charge in [-0.2, -0.15) is 0 Å². The van der Waals surface area contributed by atoms with Gasteiger partial charge in [0, 0.05) is 0 Å². The Kier molecular flexibility index (Phi) is 5.01. The summed E-state index contributed by atoms with van der Waals surface area (Å²) in [5, 5.41) is 0. The third-order valence-electron chi connectivity index (χ3n) is 3.47. The minimum absolute atomic E-state index is 0.0556. The lowest BCUT2D eigenvalue weighted by Gasteiger charge is -2.22. The van der Waals surface area contributed by atoms with E-state index >= 15 is 0 Å². The SMILES string of the molecule is CC(C)(C)OC(=O)NS(=O)(=O)C1(COCc2ccccc2)CC1. The molecule has 1 aromatic carbocycles. The summed E-state index contributed by atoms with van der Waals surface area (Å²) in [4.78, 5) is 11.7. The first-order valence-electron chi connectivity index (χ1n) is 7.51. The third-order valence-corrected chi connectivity index (χ3v) is 5.57. The minimum atomic E-state index is -3.82. The van der Waals surface area contributed by atoms with E-state index in [1.165, 1.54) is 0 Å². The molecule has 1 N–H and O–H groups in total. The Bertz CT molecular complexity index is 645. The number of amides is 1. The van der Waals surface area contributed by atoms with Crippen LogP contribution in [0.1, 0.15) is 39.2 Å². The van der Waals surface area contributed by atoms with E-state index in [1.54, 1.807) is 20.8 Å². The van der Waals surface area contributed by atoms with Crippen LogP contribution < -0.4 is 4.72 Å². The van der Waals surface area contributed by atoms with E-state index in [-0.39, 0.29) is 6.61 Å². The fourth-order valence-corrected chi connectivity index (χ4v) is 3.43. The predicted octanol–water partition coefficient (Wildman–Crippen LogP) is 2.59. The summed E-state index contributed by atoms with van der Waals surface area (Å²) in [7, 11) is -3.82. The van der Waals surface area contributed by atoms with Gasteiger partial charge in [0.05, 0.1) is 13.2 Å². The number of ether oxygens (including phenoxy) is 2. The number of carbonyl (C=O) groups is 1. The van der Waals surface area contributed by atoms with Gasteiger partial charge in [0.25, 0.3) is 0 Å². The molecular weight excluding hydrogens is 318 g/mol. The van der Waals surface area contributed by atoms with E-state index in [9.17, 15) is 13.2 Å². The summed E-state index contributed by atoms with van der Waals surface area (Å²) in [6, 6.07) is 9.51. The lowest BCUT2D eigenvalue weighted by Crippen LogP contribution is -2.44. The highest BCUT2D eigenvalue weighted by atomic mass is 32.2. The summed E-state index contributed by atoms with van der Waals surface area (Å²) in [5.41, 5.74) is 0.223. The summed E-state index contributed by atoms with van der Waals surface area (Å²) in [6.07, 6.45) is -0.00772. The van der Waals surface area contributed by atoms with Crippen LogP contribution in [0.3, 0.4) is 0 Å². The van der Waals surface area contributed by atoms with Gasteiger partial charge in [-0.15, -0.1) is 0 Å². The number of carbonyl (C=O) groups excluding carboxylic acids is 1. The number of rotatable bonds is 6. The minimum Gasteiger partial charge on any atom is -0.443 e. The van der Waals surface area contributed by atoms with E-state index in [1.807, 2.05) is 35.1 Å². The van der Waals surface area contributed by atoms with Crippen molar-refractivity contribution in [1.29, 1.82) is 0 Å². The highest BCUT2D eigenvalue weighted by Crippen LogP contribution is 2.43. The van der Waals surface area contributed by atoms with Crippen LogP contribution in [0.15, 0.2) is 30.3 Å². The number of hydrogen-bond donors (Lipinski definition) is 1. The fraction of sp³-hybridized carbons (Fsp3) is 0.562. The molecular formula is C16H23NO5S. The van der Waals surface area contributed by atoms with E-state index in [2.05, 4.69) is 0 Å². The molecule has 1 amide bonds. The molecule has 0 spiro atoms. The van der Waals surface area contributed by atoms with Crippen molar-refractivity contribution in [3.63, 3.8) is 0 Å². The molecule has 0 unspecified atom stereocenters. The zero-order chi connectivity index (χ0) is 17.1. The summed E-state index contributed by atoms with van der Waals surface area (Å²) in [5.74, 6) is 0. The molecule has 1 aliphatic rings. The average Bonchev–Trinajstić information content (AvgIpc) is 3.18. The maximum atomic E-state index is 12.4. The molecule has 7 heteroatoms. The van der Waals surface area contributed by atoms with Gasteiger partial charge in [-0.1, -0.05) is 30.3 Å². The molecule has 1 aliphatic carbocycles. The zero-order valence-electron chi connectivity index (χ0n) is 13.7. The van der Waals surface area contributed by atoms with E-state index < -0.39 is 26.5 Å². The lowest BCUT2D eigenvalue weighted by atomic mass is 10.2. The maximum Gasteiger partial charge on any atom is 0.421 e. The molecule has 0 atom stereocenters. The van der Waals surface area contributed by atoms with Crippen molar-refractivity contribution in [1.82, 2.24) is 4.72 Å². The van der Waals surface area contributed by atoms with Gasteiger partial charge in [-0.25, -0.2) is 17.9 Å². The lowest BCUT2D eigenvalue weighted by molar-refractivity contribution is 0.0567. The molecule has 2 rings (SSSR count). The second-order valence-corrected chi connectivity index (χ2v) is 8.85. The van der Waals surface area contributed by atoms with Gasteiger partial charge >= 0.3 is 6.09 Å². The number of sulfonamides is 1. The quantitative estimate of drug-likeness (QED) is 0.860. The Hall–Kier alpha value is -1.60. The van der Waals surface area contributed by atoms with E-state index in [0.717, 1.165) is 5.56 Å². The first-order chi connectivity index (χ1) is 10.6. The molecule has 0 saturated heterocycles. The molecule has 0 aromatic heterocycles. The van der Waals surface area contributed by atoms with Crippen LogP contribution >= 0.6 is 0 Å². The Morgan fingerprint density at radius 2 is 1.83 bits per heavy atom. The summed E-state index contributed by atoms with van der Waals surface area (Å²) >= 11 is 0. The van der Waals surface area contributed by atoms with E-state index in [4.69, 9.17) is 9.47 Å². The van der Waals surface area contributed by atoms with Gasteiger partial charge in [0.15, 0.2) is 0 Å². The first-order valence-corrected chi connectivity index (χ1v) is 8.99. The van der Waals surface area contributed by atoms with Gasteiger partial charge in [-0.3, -0.25) is 0 Å². The molecule has 6 nitrogen and oxygen atoms in total. The van der Waals surface area contributed by atoms with Crippen molar-refractivity contribution in [2.24, 2.45) is 0 Å². The van der Waals surface area contributed by atoms with Gasteiger partial charge in [0.2, 0.25) is 10.0 Å². The number of benzene rings is 1. The average molecular weight is 341 g/mol. The Morgan fingerprint density at radius 1 is 1.22 bits per heavy atom. The van der Waals surface area contributed by atoms with Crippen LogP contribution in [0.25, 0.3) is 0 Å². The Morgan fingerprint density at radius 3 is 2.35 bits per heavy atom. The summed E-state index contributed by atoms with van der Waals surface area (Å²) < 4.78 is 36.2. The summed E-state index contributed by atoms with van der Waals surface area (Å²) in [6.45, 7) is 5.42. The molecule has 0 aliphatic heterocycles. The topological polar surface area (TPSA) is 81.7 Å². The van der Waals surface area contributed by atoms with Crippen molar-refractivity contribution in [2.75, 3.05) is 6.61 Å². The number of nitrogens with one attached hydrogen (secondary N) is 1. The standard InChI is InChI=1S/C16H23NO5S/c1-15(2,3)22-14(18)17-23(19,20)16(9-10-16)12-21-11-13-7-5-4-6-8-13/h4-8H,9-12H2,1-3H3,(H,17,18). The normalized spacial score (nSPS) is 16.7. The second-order valence-electron chi connectivity index (χ2n) is 6.77. The first kappa shape index (κ1) is 17.7. The van der Waals surface area contributed by atoms with Crippen LogP contribution in [-0.4, -0.2) is 31.5 Å². The highest BCUT2D eigenvalue weighted by molar-refractivity contribution is 7.91. The monoisotopic (exact) mass is 341 g/mol. The van der Waals surface area contributed by atoms with Crippen molar-refractivity contribution in [2.45, 2.75) is 50.6 Å². The van der Waals surface area contributed by atoms with Crippen LogP contribution in [0.2, 0.25) is 0 Å². The van der Waals surface area contributed by atoms with E-state index in [0.29, 0.717) is 19.4 Å². The van der Waals surface area contributed by atoms with Gasteiger partial charge < -0.3 is 9.47 Å². The van der Waals surface area contributed by atoms with Crippen molar-refractivity contribution >= 4 is 16.1 Å². The van der Waals surface area contributed by atoms with Crippen molar-refractivity contribution in [3.8, 4) is 0 Å². The predicted molar refractivity (Wildman–Crippen MR) is 86.4 cm³/mol. The smallest absolute Gasteiger partial charge is 0.421 e. The van der Waals surface area contributed by atoms with Crippen molar-refractivity contribution < 1.29 is 22.7 Å². The van der Waals surface area contributed by atoms with Crippen LogP contribution in [0.4, 0.5) is 4.79 Å². The van der Waals surface area contributed by atoms with Gasteiger partial charge in [-0.05, 0) is 39.2 Å².